The zero-order valence-corrected chi connectivity index (χ0v) is 10.8. The highest BCUT2D eigenvalue weighted by atomic mass is 19.1. The van der Waals surface area contributed by atoms with Gasteiger partial charge < -0.3 is 10.1 Å². The maximum atomic E-state index is 14.1. The van der Waals surface area contributed by atoms with Gasteiger partial charge in [0.15, 0.2) is 17.4 Å². The zero-order chi connectivity index (χ0) is 14.5. The maximum absolute atomic E-state index is 14.1. The summed E-state index contributed by atoms with van der Waals surface area (Å²) in [5.41, 5.74) is 0.341. The van der Waals surface area contributed by atoms with Crippen LogP contribution in [-0.2, 0) is 6.54 Å². The summed E-state index contributed by atoms with van der Waals surface area (Å²) in [4.78, 5) is 3.70. The molecule has 0 aliphatic rings. The van der Waals surface area contributed by atoms with E-state index in [-0.39, 0.29) is 5.88 Å². The third kappa shape index (κ3) is 3.27. The van der Waals surface area contributed by atoms with Crippen molar-refractivity contribution in [2.75, 3.05) is 6.54 Å². The van der Waals surface area contributed by atoms with E-state index >= 15 is 0 Å². The lowest BCUT2D eigenvalue weighted by Crippen LogP contribution is -2.13. The molecule has 1 N–H and O–H groups in total. The second kappa shape index (κ2) is 6.38. The Labute approximate surface area is 114 Å². The summed E-state index contributed by atoms with van der Waals surface area (Å²) in [7, 11) is 0. The molecule has 1 aromatic heterocycles. The van der Waals surface area contributed by atoms with Crippen molar-refractivity contribution in [2.24, 2.45) is 0 Å². The fourth-order valence-electron chi connectivity index (χ4n) is 1.59. The normalized spacial score (nSPS) is 10.6. The number of ether oxygens (including phenoxy) is 1. The summed E-state index contributed by atoms with van der Waals surface area (Å²) in [5, 5.41) is 2.96. The molecule has 3 nitrogen and oxygen atoms in total. The number of hydrogen-bond acceptors (Lipinski definition) is 3. The number of aromatic nitrogens is 1. The van der Waals surface area contributed by atoms with Crippen molar-refractivity contribution in [1.82, 2.24) is 10.3 Å². The summed E-state index contributed by atoms with van der Waals surface area (Å²) in [6.45, 7) is 2.86. The second-order valence-corrected chi connectivity index (χ2v) is 4.05. The highest BCUT2D eigenvalue weighted by Crippen LogP contribution is 2.26. The first-order valence-electron chi connectivity index (χ1n) is 6.08. The molecule has 0 aliphatic carbocycles. The van der Waals surface area contributed by atoms with Crippen molar-refractivity contribution >= 4 is 0 Å². The Bertz CT molecular complexity index is 605. The smallest absolute Gasteiger partial charge is 0.256 e. The van der Waals surface area contributed by atoms with Crippen molar-refractivity contribution in [3.63, 3.8) is 0 Å². The summed E-state index contributed by atoms with van der Waals surface area (Å²) >= 11 is 0. The molecule has 20 heavy (non-hydrogen) atoms. The van der Waals surface area contributed by atoms with Crippen LogP contribution in [0.3, 0.4) is 0 Å². The molecular weight excluding hydrogens is 269 g/mol. The minimum atomic E-state index is -0.787. The van der Waals surface area contributed by atoms with Gasteiger partial charge in [0.1, 0.15) is 5.82 Å². The van der Waals surface area contributed by atoms with Crippen LogP contribution in [0.25, 0.3) is 0 Å². The van der Waals surface area contributed by atoms with Gasteiger partial charge in [-0.3, -0.25) is 0 Å². The van der Waals surface area contributed by atoms with Crippen LogP contribution in [-0.4, -0.2) is 11.5 Å². The van der Waals surface area contributed by atoms with Crippen molar-refractivity contribution in [3.05, 3.63) is 53.5 Å². The van der Waals surface area contributed by atoms with Crippen molar-refractivity contribution < 1.29 is 17.9 Å². The molecule has 106 valence electrons. The van der Waals surface area contributed by atoms with Gasteiger partial charge in [0.2, 0.25) is 0 Å². The monoisotopic (exact) mass is 282 g/mol. The number of nitrogens with one attached hydrogen (secondary N) is 1. The molecule has 0 saturated carbocycles. The minimum absolute atomic E-state index is 0.298. The molecular formula is C14H13F3N2O. The van der Waals surface area contributed by atoms with Crippen molar-refractivity contribution in [2.45, 2.75) is 13.5 Å². The van der Waals surface area contributed by atoms with E-state index in [4.69, 9.17) is 4.74 Å². The largest absolute Gasteiger partial charge is 0.433 e. The Morgan fingerprint density at radius 3 is 2.75 bits per heavy atom. The van der Waals surface area contributed by atoms with E-state index in [2.05, 4.69) is 10.3 Å². The van der Waals surface area contributed by atoms with Crippen LogP contribution in [0.4, 0.5) is 13.2 Å². The van der Waals surface area contributed by atoms with Crippen LogP contribution in [0.1, 0.15) is 12.5 Å². The first kappa shape index (κ1) is 14.3. The predicted molar refractivity (Wildman–Crippen MR) is 68.0 cm³/mol. The van der Waals surface area contributed by atoms with Crippen LogP contribution in [0.15, 0.2) is 30.5 Å². The molecule has 0 atom stereocenters. The van der Waals surface area contributed by atoms with Crippen LogP contribution < -0.4 is 10.1 Å². The van der Waals surface area contributed by atoms with Gasteiger partial charge in [-0.1, -0.05) is 6.92 Å². The lowest BCUT2D eigenvalue weighted by molar-refractivity contribution is 0.391. The van der Waals surface area contributed by atoms with E-state index in [0.717, 1.165) is 18.2 Å². The van der Waals surface area contributed by atoms with Crippen LogP contribution in [0.2, 0.25) is 0 Å². The number of halogens is 3. The van der Waals surface area contributed by atoms with Crippen LogP contribution in [0, 0.1) is 17.5 Å². The van der Waals surface area contributed by atoms with Gasteiger partial charge in [-0.25, -0.2) is 18.2 Å². The molecule has 0 aliphatic heterocycles. The predicted octanol–water partition coefficient (Wildman–Crippen LogP) is 3.40. The van der Waals surface area contributed by atoms with E-state index < -0.39 is 23.2 Å². The van der Waals surface area contributed by atoms with Gasteiger partial charge in [0.05, 0.1) is 0 Å². The molecule has 0 bridgehead atoms. The van der Waals surface area contributed by atoms with E-state index in [1.54, 1.807) is 0 Å². The standard InChI is InChI=1S/C14H13F3N2O/c1-2-18-8-9-5-6-19-14(13(9)17)20-12-7-10(15)3-4-11(12)16/h3-7,18H,2,8H2,1H3. The first-order chi connectivity index (χ1) is 9.61. The quantitative estimate of drug-likeness (QED) is 0.912. The Morgan fingerprint density at radius 2 is 2.00 bits per heavy atom. The number of benzene rings is 1. The number of rotatable bonds is 5. The SMILES string of the molecule is CCNCc1ccnc(Oc2cc(F)ccc2F)c1F. The molecule has 1 aromatic carbocycles. The zero-order valence-electron chi connectivity index (χ0n) is 10.8. The van der Waals surface area contributed by atoms with Gasteiger partial charge in [-0.2, -0.15) is 0 Å². The summed E-state index contributed by atoms with van der Waals surface area (Å²) in [5.74, 6) is -2.95. The molecule has 0 amide bonds. The molecule has 0 unspecified atom stereocenters. The molecule has 2 aromatic rings. The van der Waals surface area contributed by atoms with E-state index in [9.17, 15) is 13.2 Å². The summed E-state index contributed by atoms with van der Waals surface area (Å²) in [6, 6.07) is 4.19. The molecule has 2 rings (SSSR count). The molecule has 6 heteroatoms. The van der Waals surface area contributed by atoms with E-state index in [1.807, 2.05) is 6.92 Å². The number of nitrogens with zero attached hydrogens (tertiary/aromatic N) is 1. The summed E-state index contributed by atoms with van der Waals surface area (Å²) < 4.78 is 45.5. The second-order valence-electron chi connectivity index (χ2n) is 4.05. The van der Waals surface area contributed by atoms with Crippen LogP contribution >= 0.6 is 0 Å². The number of pyridine rings is 1. The average Bonchev–Trinajstić information content (AvgIpc) is 2.44. The summed E-state index contributed by atoms with van der Waals surface area (Å²) in [6.07, 6.45) is 1.35. The Morgan fingerprint density at radius 1 is 1.20 bits per heavy atom. The Balaban J connectivity index is 2.27. The maximum Gasteiger partial charge on any atom is 0.256 e. The third-order valence-electron chi connectivity index (χ3n) is 2.60. The average molecular weight is 282 g/mol. The highest BCUT2D eigenvalue weighted by Gasteiger charge is 2.14. The van der Waals surface area contributed by atoms with Gasteiger partial charge in [0, 0.05) is 24.4 Å². The molecule has 0 saturated heterocycles. The first-order valence-corrected chi connectivity index (χ1v) is 6.08. The fraction of sp³-hybridized carbons (Fsp3) is 0.214. The number of hydrogen-bond donors (Lipinski definition) is 1. The van der Waals surface area contributed by atoms with Crippen molar-refractivity contribution in [3.8, 4) is 11.6 Å². The Kier molecular flexibility index (Phi) is 4.57. The lowest BCUT2D eigenvalue weighted by atomic mass is 10.2. The minimum Gasteiger partial charge on any atom is -0.433 e. The Hall–Kier alpha value is -2.08. The molecule has 0 radical (unpaired) electrons. The van der Waals surface area contributed by atoms with E-state index in [1.165, 1.54) is 12.3 Å². The van der Waals surface area contributed by atoms with Gasteiger partial charge >= 0.3 is 0 Å². The fourth-order valence-corrected chi connectivity index (χ4v) is 1.59. The van der Waals surface area contributed by atoms with Crippen LogP contribution in [0.5, 0.6) is 11.6 Å². The van der Waals surface area contributed by atoms with Gasteiger partial charge in [-0.15, -0.1) is 0 Å². The molecule has 1 heterocycles. The highest BCUT2D eigenvalue weighted by molar-refractivity contribution is 5.31. The van der Waals surface area contributed by atoms with Gasteiger partial charge in [-0.05, 0) is 24.7 Å². The van der Waals surface area contributed by atoms with Gasteiger partial charge in [0.25, 0.3) is 5.88 Å². The van der Waals surface area contributed by atoms with Crippen molar-refractivity contribution in [1.29, 1.82) is 0 Å². The van der Waals surface area contributed by atoms with E-state index in [0.29, 0.717) is 18.7 Å². The lowest BCUT2D eigenvalue weighted by Gasteiger charge is -2.09. The topological polar surface area (TPSA) is 34.2 Å². The third-order valence-corrected chi connectivity index (χ3v) is 2.60. The molecule has 0 fully saturated rings. The molecule has 0 spiro atoms.